The zero-order chi connectivity index (χ0) is 28.6. The summed E-state index contributed by atoms with van der Waals surface area (Å²) in [7, 11) is 0. The van der Waals surface area contributed by atoms with Gasteiger partial charge in [0.25, 0.3) is 0 Å². The van der Waals surface area contributed by atoms with Gasteiger partial charge in [-0.1, -0.05) is 41.9 Å². The van der Waals surface area contributed by atoms with Gasteiger partial charge in [0.1, 0.15) is 11.5 Å². The largest absolute Gasteiger partial charge is 0.461 e. The molecule has 0 spiro atoms. The van der Waals surface area contributed by atoms with Crippen molar-refractivity contribution in [1.29, 1.82) is 0 Å². The molecule has 1 aliphatic heterocycles. The van der Waals surface area contributed by atoms with Crippen molar-refractivity contribution in [2.45, 2.75) is 33.2 Å². The highest BCUT2D eigenvalue weighted by atomic mass is 79.9. The predicted octanol–water partition coefficient (Wildman–Crippen LogP) is 4.82. The summed E-state index contributed by atoms with van der Waals surface area (Å²) in [5.74, 6) is 6.02. The zero-order valence-electron chi connectivity index (χ0n) is 23.3. The van der Waals surface area contributed by atoms with Crippen molar-refractivity contribution in [2.24, 2.45) is 23.4 Å². The zero-order valence-corrected chi connectivity index (χ0v) is 24.8. The predicted molar refractivity (Wildman–Crippen MR) is 161 cm³/mol. The minimum atomic E-state index is -0.529. The first-order chi connectivity index (χ1) is 19.2. The minimum absolute atomic E-state index is 0.182. The lowest BCUT2D eigenvalue weighted by atomic mass is 9.96. The number of nitrogens with one attached hydrogen (secondary N) is 2. The number of carbonyl (C=O) groups is 1. The van der Waals surface area contributed by atoms with Crippen LogP contribution in [0.5, 0.6) is 0 Å². The molecule has 2 aromatic carbocycles. The van der Waals surface area contributed by atoms with Crippen molar-refractivity contribution >= 4 is 38.5 Å². The molecule has 216 valence electrons. The summed E-state index contributed by atoms with van der Waals surface area (Å²) in [6, 6.07) is 12.7. The number of hydrogen-bond donors (Lipinski definition) is 4. The van der Waals surface area contributed by atoms with Gasteiger partial charge < -0.3 is 30.7 Å². The molecule has 0 atom stereocenters. The molecule has 0 aliphatic carbocycles. The van der Waals surface area contributed by atoms with Gasteiger partial charge in [-0.2, -0.15) is 0 Å². The minimum Gasteiger partial charge on any atom is -0.461 e. The van der Waals surface area contributed by atoms with Crippen LogP contribution in [0.2, 0.25) is 0 Å². The summed E-state index contributed by atoms with van der Waals surface area (Å²) in [6.45, 7) is 9.68. The van der Waals surface area contributed by atoms with E-state index in [-0.39, 0.29) is 23.9 Å². The Hall–Kier alpha value is -2.92. The fraction of sp³-hybridized carbons (Fsp3) is 0.433. The number of aromatic amines is 1. The van der Waals surface area contributed by atoms with Crippen LogP contribution in [0.4, 0.5) is 4.39 Å². The standard InChI is InChI=1S/C30H40BrFN6O2/c1-20(2)19-40-30(39)29-28(25-15-24(32)7-8-27(25)36-29)26(33)18-38(34)17-22-9-12-37(13-10-22)14-11-35-16-21-3-5-23(31)6-4-21/h3-8,15,18,20,22,35-36H,9-14,16-17,19,33-34H2,1-2H3/b26-18-. The van der Waals surface area contributed by atoms with Crippen LogP contribution in [0.3, 0.4) is 0 Å². The first kappa shape index (κ1) is 30.0. The highest BCUT2D eigenvalue weighted by molar-refractivity contribution is 9.10. The van der Waals surface area contributed by atoms with E-state index in [4.69, 9.17) is 16.3 Å². The monoisotopic (exact) mass is 614 g/mol. The summed E-state index contributed by atoms with van der Waals surface area (Å²) in [6.07, 6.45) is 3.71. The molecule has 0 unspecified atom stereocenters. The van der Waals surface area contributed by atoms with E-state index in [0.717, 1.165) is 50.0 Å². The molecule has 4 rings (SSSR count). The second kappa shape index (κ2) is 14.1. The second-order valence-electron chi connectivity index (χ2n) is 10.9. The molecule has 8 nitrogen and oxygen atoms in total. The highest BCUT2D eigenvalue weighted by Crippen LogP contribution is 2.29. The number of esters is 1. The number of rotatable bonds is 12. The quantitative estimate of drug-likeness (QED) is 0.100. The van der Waals surface area contributed by atoms with Crippen LogP contribution in [0.15, 0.2) is 53.1 Å². The molecule has 1 fully saturated rings. The average molecular weight is 616 g/mol. The fourth-order valence-electron chi connectivity index (χ4n) is 4.99. The molecular formula is C30H40BrFN6O2. The van der Waals surface area contributed by atoms with Gasteiger partial charge in [0.2, 0.25) is 0 Å². The van der Waals surface area contributed by atoms with Crippen molar-refractivity contribution in [1.82, 2.24) is 20.2 Å². The van der Waals surface area contributed by atoms with Crippen molar-refractivity contribution in [3.63, 3.8) is 0 Å². The van der Waals surface area contributed by atoms with Gasteiger partial charge in [-0.25, -0.2) is 15.0 Å². The van der Waals surface area contributed by atoms with Crippen LogP contribution in [-0.4, -0.2) is 60.2 Å². The summed E-state index contributed by atoms with van der Waals surface area (Å²) in [5, 5.41) is 5.62. The topological polar surface area (TPSA) is 113 Å². The van der Waals surface area contributed by atoms with Crippen LogP contribution in [-0.2, 0) is 11.3 Å². The molecule has 2 heterocycles. The maximum absolute atomic E-state index is 14.1. The Kier molecular flexibility index (Phi) is 10.6. The van der Waals surface area contributed by atoms with Gasteiger partial charge in [-0.15, -0.1) is 0 Å². The molecule has 1 saturated heterocycles. The first-order valence-electron chi connectivity index (χ1n) is 13.8. The number of hydrazine groups is 1. The van der Waals surface area contributed by atoms with Crippen molar-refractivity contribution in [2.75, 3.05) is 39.3 Å². The average Bonchev–Trinajstić information content (AvgIpc) is 3.30. The summed E-state index contributed by atoms with van der Waals surface area (Å²) < 4.78 is 20.6. The number of H-pyrrole nitrogens is 1. The molecule has 3 aromatic rings. The van der Waals surface area contributed by atoms with E-state index in [1.807, 2.05) is 13.8 Å². The molecule has 6 N–H and O–H groups in total. The third kappa shape index (κ3) is 8.30. The van der Waals surface area contributed by atoms with Crippen LogP contribution in [0.25, 0.3) is 16.6 Å². The lowest BCUT2D eigenvalue weighted by molar-refractivity contribution is 0.0452. The Morgan fingerprint density at radius 1 is 1.25 bits per heavy atom. The van der Waals surface area contributed by atoms with Crippen LogP contribution in [0.1, 0.15) is 48.3 Å². The number of halogens is 2. The number of nitrogens with two attached hydrogens (primary N) is 2. The number of benzene rings is 2. The second-order valence-corrected chi connectivity index (χ2v) is 11.8. The van der Waals surface area contributed by atoms with E-state index >= 15 is 0 Å². The molecule has 40 heavy (non-hydrogen) atoms. The number of nitrogens with zero attached hydrogens (tertiary/aromatic N) is 2. The molecule has 0 saturated carbocycles. The normalized spacial score (nSPS) is 15.2. The molecule has 0 bridgehead atoms. The Balaban J connectivity index is 1.31. The molecule has 0 radical (unpaired) electrons. The van der Waals surface area contributed by atoms with E-state index in [9.17, 15) is 9.18 Å². The number of piperidine rings is 1. The van der Waals surface area contributed by atoms with Gasteiger partial charge in [-0.3, -0.25) is 0 Å². The van der Waals surface area contributed by atoms with Crippen molar-refractivity contribution < 1.29 is 13.9 Å². The smallest absolute Gasteiger partial charge is 0.355 e. The van der Waals surface area contributed by atoms with E-state index < -0.39 is 11.8 Å². The van der Waals surface area contributed by atoms with Gasteiger partial charge >= 0.3 is 5.97 Å². The Bertz CT molecular complexity index is 1300. The van der Waals surface area contributed by atoms with Crippen molar-refractivity contribution in [3.8, 4) is 0 Å². The first-order valence-corrected chi connectivity index (χ1v) is 14.6. The van der Waals surface area contributed by atoms with Gasteiger partial charge in [-0.05, 0) is 73.7 Å². The Morgan fingerprint density at radius 2 is 1.98 bits per heavy atom. The number of fused-ring (bicyclic) bond motifs is 1. The van der Waals surface area contributed by atoms with E-state index in [1.54, 1.807) is 17.3 Å². The Labute approximate surface area is 244 Å². The van der Waals surface area contributed by atoms with E-state index in [2.05, 4.69) is 55.4 Å². The third-order valence-electron chi connectivity index (χ3n) is 7.13. The lowest BCUT2D eigenvalue weighted by Gasteiger charge is -2.33. The summed E-state index contributed by atoms with van der Waals surface area (Å²) in [4.78, 5) is 18.4. The van der Waals surface area contributed by atoms with Crippen LogP contribution in [0, 0.1) is 17.7 Å². The number of aromatic nitrogens is 1. The molecular weight excluding hydrogens is 575 g/mol. The van der Waals surface area contributed by atoms with E-state index in [1.165, 1.54) is 17.7 Å². The van der Waals surface area contributed by atoms with Crippen LogP contribution >= 0.6 is 15.9 Å². The Morgan fingerprint density at radius 3 is 2.67 bits per heavy atom. The molecule has 0 amide bonds. The maximum Gasteiger partial charge on any atom is 0.355 e. The molecule has 1 aromatic heterocycles. The van der Waals surface area contributed by atoms with E-state index in [0.29, 0.717) is 28.9 Å². The van der Waals surface area contributed by atoms with Gasteiger partial charge in [0, 0.05) is 53.3 Å². The van der Waals surface area contributed by atoms with Crippen molar-refractivity contribution in [3.05, 3.63) is 75.8 Å². The summed E-state index contributed by atoms with van der Waals surface area (Å²) in [5.41, 5.74) is 9.23. The number of carbonyl (C=O) groups excluding carboxylic acids is 1. The molecule has 1 aliphatic rings. The maximum atomic E-state index is 14.1. The molecule has 10 heteroatoms. The number of likely N-dealkylation sites (tertiary alicyclic amines) is 1. The lowest BCUT2D eigenvalue weighted by Crippen LogP contribution is -2.41. The fourth-order valence-corrected chi connectivity index (χ4v) is 5.25. The number of hydrogen-bond acceptors (Lipinski definition) is 7. The number of ether oxygens (including phenoxy) is 1. The van der Waals surface area contributed by atoms with Crippen LogP contribution < -0.4 is 16.9 Å². The highest BCUT2D eigenvalue weighted by Gasteiger charge is 2.23. The summed E-state index contributed by atoms with van der Waals surface area (Å²) >= 11 is 3.47. The third-order valence-corrected chi connectivity index (χ3v) is 7.66. The SMILES string of the molecule is CC(C)COC(=O)c1[nH]c2ccc(F)cc2c1/C(N)=C/N(N)CC1CCN(CCNCc2ccc(Br)cc2)CC1. The van der Waals surface area contributed by atoms with Gasteiger partial charge in [0.15, 0.2) is 0 Å². The van der Waals surface area contributed by atoms with Gasteiger partial charge in [0.05, 0.1) is 12.3 Å².